The van der Waals surface area contributed by atoms with Crippen molar-refractivity contribution in [1.82, 2.24) is 0 Å². The first-order chi connectivity index (χ1) is 7.88. The third-order valence-electron chi connectivity index (χ3n) is 2.12. The number of nitrogens with two attached hydrogens (primary N) is 1. The Hall–Kier alpha value is -1.66. The first-order valence-electron chi connectivity index (χ1n) is 4.71. The quantitative estimate of drug-likeness (QED) is 0.625. The molecule has 1 aromatic rings. The van der Waals surface area contributed by atoms with Crippen molar-refractivity contribution in [2.24, 2.45) is 0 Å². The van der Waals surface area contributed by atoms with Crippen molar-refractivity contribution in [3.05, 3.63) is 18.2 Å². The minimum atomic E-state index is -4.10. The lowest BCUT2D eigenvalue weighted by molar-refractivity contribution is -0.117. The summed E-state index contributed by atoms with van der Waals surface area (Å²) in [7, 11) is 1.36. The van der Waals surface area contributed by atoms with Crippen molar-refractivity contribution in [3.63, 3.8) is 0 Å². The second-order valence-corrected chi connectivity index (χ2v) is 3.34. The van der Waals surface area contributed by atoms with Gasteiger partial charge in [-0.1, -0.05) is 6.07 Å². The monoisotopic (exact) mass is 252 g/mol. The summed E-state index contributed by atoms with van der Waals surface area (Å²) in [5.74, 6) is -3.81. The number of hydrogen-bond donors (Lipinski definition) is 2. The zero-order valence-corrected chi connectivity index (χ0v) is 9.01. The van der Waals surface area contributed by atoms with Gasteiger partial charge in [0, 0.05) is 0 Å². The summed E-state index contributed by atoms with van der Waals surface area (Å²) in [4.78, 5) is 0. The van der Waals surface area contributed by atoms with Gasteiger partial charge >= 0.3 is 12.3 Å². The van der Waals surface area contributed by atoms with E-state index in [4.69, 9.17) is 10.5 Å². The van der Waals surface area contributed by atoms with E-state index in [-0.39, 0.29) is 17.1 Å². The molecule has 0 aliphatic carbocycles. The van der Waals surface area contributed by atoms with E-state index in [0.29, 0.717) is 0 Å². The van der Waals surface area contributed by atoms with Crippen molar-refractivity contribution in [2.75, 3.05) is 24.7 Å². The molecule has 7 heteroatoms. The number of hydrogen-bond acceptors (Lipinski definition) is 3. The highest BCUT2D eigenvalue weighted by molar-refractivity contribution is 5.72. The van der Waals surface area contributed by atoms with Gasteiger partial charge < -0.3 is 15.8 Å². The lowest BCUT2D eigenvalue weighted by Crippen LogP contribution is -2.34. The van der Waals surface area contributed by atoms with Crippen LogP contribution in [-0.2, 0) is 0 Å². The van der Waals surface area contributed by atoms with Crippen LogP contribution in [0.1, 0.15) is 0 Å². The summed E-state index contributed by atoms with van der Waals surface area (Å²) in [6.45, 7) is -1.19. The predicted molar refractivity (Wildman–Crippen MR) is 56.8 cm³/mol. The fourth-order valence-electron chi connectivity index (χ4n) is 1.17. The Morgan fingerprint density at radius 2 is 2.06 bits per heavy atom. The summed E-state index contributed by atoms with van der Waals surface area (Å²) in [5, 5.41) is 2.17. The average Bonchev–Trinajstić information content (AvgIpc) is 2.27. The van der Waals surface area contributed by atoms with Gasteiger partial charge in [0.15, 0.2) is 0 Å². The lowest BCUT2D eigenvalue weighted by atomic mass is 10.2. The molecule has 1 rings (SSSR count). The summed E-state index contributed by atoms with van der Waals surface area (Å²) in [6, 6.07) is 4.45. The highest BCUT2D eigenvalue weighted by atomic mass is 19.3. The highest BCUT2D eigenvalue weighted by Gasteiger charge is 2.40. The standard InChI is InChI=1S/C10H12F4N2O/c1-17-7-4-2-3-6(8(7)15)16-5-10(13,14)9(11)12/h2-4,9,16H,5,15H2,1H3. The molecule has 0 aromatic heterocycles. The fourth-order valence-corrected chi connectivity index (χ4v) is 1.17. The van der Waals surface area contributed by atoms with Gasteiger partial charge in [0.25, 0.3) is 0 Å². The van der Waals surface area contributed by atoms with Crippen LogP contribution in [-0.4, -0.2) is 26.0 Å². The molecule has 0 spiro atoms. The maximum atomic E-state index is 12.7. The van der Waals surface area contributed by atoms with E-state index in [1.165, 1.54) is 25.3 Å². The number of anilines is 2. The molecule has 0 radical (unpaired) electrons. The van der Waals surface area contributed by atoms with Gasteiger partial charge in [-0.2, -0.15) is 8.78 Å². The van der Waals surface area contributed by atoms with E-state index in [9.17, 15) is 17.6 Å². The predicted octanol–water partition coefficient (Wildman–Crippen LogP) is 2.59. The Kier molecular flexibility index (Phi) is 4.03. The molecule has 0 fully saturated rings. The zero-order valence-electron chi connectivity index (χ0n) is 9.01. The van der Waals surface area contributed by atoms with Crippen LogP contribution in [0.4, 0.5) is 28.9 Å². The van der Waals surface area contributed by atoms with E-state index in [1.807, 2.05) is 0 Å². The number of halogens is 4. The van der Waals surface area contributed by atoms with E-state index in [1.54, 1.807) is 0 Å². The molecule has 0 aliphatic rings. The van der Waals surface area contributed by atoms with Gasteiger partial charge in [-0.25, -0.2) is 8.78 Å². The van der Waals surface area contributed by atoms with E-state index in [2.05, 4.69) is 5.32 Å². The van der Waals surface area contributed by atoms with Crippen molar-refractivity contribution in [3.8, 4) is 5.75 Å². The first kappa shape index (κ1) is 13.4. The third-order valence-corrected chi connectivity index (χ3v) is 2.12. The van der Waals surface area contributed by atoms with Crippen LogP contribution in [0.25, 0.3) is 0 Å². The number of methoxy groups -OCH3 is 1. The molecule has 17 heavy (non-hydrogen) atoms. The normalized spacial score (nSPS) is 11.6. The smallest absolute Gasteiger partial charge is 0.324 e. The Morgan fingerprint density at radius 3 is 2.59 bits per heavy atom. The van der Waals surface area contributed by atoms with Gasteiger partial charge in [0.05, 0.1) is 25.0 Å². The molecule has 1 aromatic carbocycles. The molecule has 0 saturated carbocycles. The van der Waals surface area contributed by atoms with Gasteiger partial charge in [-0.15, -0.1) is 0 Å². The lowest BCUT2D eigenvalue weighted by Gasteiger charge is -2.18. The second kappa shape index (κ2) is 5.11. The molecule has 0 bridgehead atoms. The van der Waals surface area contributed by atoms with Gasteiger partial charge in [0.2, 0.25) is 0 Å². The molecule has 0 atom stereocenters. The van der Waals surface area contributed by atoms with Crippen LogP contribution in [0.3, 0.4) is 0 Å². The first-order valence-corrected chi connectivity index (χ1v) is 4.71. The minimum Gasteiger partial charge on any atom is -0.495 e. The van der Waals surface area contributed by atoms with E-state index >= 15 is 0 Å². The third kappa shape index (κ3) is 3.15. The molecule has 0 aliphatic heterocycles. The Bertz CT molecular complexity index is 385. The number of benzene rings is 1. The topological polar surface area (TPSA) is 47.3 Å². The number of para-hydroxylation sites is 1. The molecule has 96 valence electrons. The number of nitrogen functional groups attached to an aromatic ring is 1. The summed E-state index contributed by atoms with van der Waals surface area (Å²) in [6.07, 6.45) is -3.72. The molecule has 0 saturated heterocycles. The molecule has 0 amide bonds. The van der Waals surface area contributed by atoms with Crippen molar-refractivity contribution >= 4 is 11.4 Å². The number of ether oxygens (including phenoxy) is 1. The molecular formula is C10H12F4N2O. The van der Waals surface area contributed by atoms with Crippen LogP contribution >= 0.6 is 0 Å². The summed E-state index contributed by atoms with van der Waals surface area (Å²) < 4.78 is 54.0. The van der Waals surface area contributed by atoms with Crippen molar-refractivity contribution in [1.29, 1.82) is 0 Å². The molecule has 3 N–H and O–H groups in total. The van der Waals surface area contributed by atoms with Crippen LogP contribution in [0, 0.1) is 0 Å². The molecular weight excluding hydrogens is 240 g/mol. The second-order valence-electron chi connectivity index (χ2n) is 3.34. The fraction of sp³-hybridized carbons (Fsp3) is 0.400. The van der Waals surface area contributed by atoms with Crippen molar-refractivity contribution < 1.29 is 22.3 Å². The Morgan fingerprint density at radius 1 is 1.41 bits per heavy atom. The van der Waals surface area contributed by atoms with E-state index < -0.39 is 18.9 Å². The van der Waals surface area contributed by atoms with Gasteiger partial charge in [0.1, 0.15) is 5.75 Å². The van der Waals surface area contributed by atoms with Crippen LogP contribution in [0.15, 0.2) is 18.2 Å². The van der Waals surface area contributed by atoms with E-state index in [0.717, 1.165) is 0 Å². The maximum absolute atomic E-state index is 12.7. The summed E-state index contributed by atoms with van der Waals surface area (Å²) in [5.41, 5.74) is 5.81. The Balaban J connectivity index is 2.76. The zero-order chi connectivity index (χ0) is 13.1. The maximum Gasteiger partial charge on any atom is 0.324 e. The van der Waals surface area contributed by atoms with Gasteiger partial charge in [-0.3, -0.25) is 0 Å². The molecule has 0 heterocycles. The minimum absolute atomic E-state index is 0.0973. The largest absolute Gasteiger partial charge is 0.495 e. The molecule has 3 nitrogen and oxygen atoms in total. The number of nitrogens with one attached hydrogen (secondary N) is 1. The average molecular weight is 252 g/mol. The molecule has 0 unspecified atom stereocenters. The summed E-state index contributed by atoms with van der Waals surface area (Å²) >= 11 is 0. The van der Waals surface area contributed by atoms with Crippen molar-refractivity contribution in [2.45, 2.75) is 12.3 Å². The SMILES string of the molecule is COc1cccc(NCC(F)(F)C(F)F)c1N. The van der Waals surface area contributed by atoms with Crippen LogP contribution in [0.2, 0.25) is 0 Å². The highest BCUT2D eigenvalue weighted by Crippen LogP contribution is 2.30. The number of rotatable bonds is 5. The number of alkyl halides is 4. The van der Waals surface area contributed by atoms with Gasteiger partial charge in [-0.05, 0) is 12.1 Å². The van der Waals surface area contributed by atoms with Crippen LogP contribution in [0.5, 0.6) is 5.75 Å². The Labute approximate surface area is 95.6 Å². The van der Waals surface area contributed by atoms with Crippen LogP contribution < -0.4 is 15.8 Å².